The van der Waals surface area contributed by atoms with Crippen LogP contribution in [0.4, 0.5) is 0 Å². The van der Waals surface area contributed by atoms with Gasteiger partial charge in [-0.05, 0) is 75.4 Å². The number of likely N-dealkylation sites (tertiary alicyclic amines) is 1. The van der Waals surface area contributed by atoms with Gasteiger partial charge >= 0.3 is 0 Å². The van der Waals surface area contributed by atoms with E-state index >= 15 is 0 Å². The van der Waals surface area contributed by atoms with E-state index in [1.54, 1.807) is 0 Å². The topological polar surface area (TPSA) is 15.3 Å². The summed E-state index contributed by atoms with van der Waals surface area (Å²) in [5.41, 5.74) is 1.04. The van der Waals surface area contributed by atoms with Crippen molar-refractivity contribution >= 4 is 0 Å². The molecule has 0 unspecified atom stereocenters. The number of rotatable bonds is 3. The summed E-state index contributed by atoms with van der Waals surface area (Å²) in [5.74, 6) is 0.930. The predicted molar refractivity (Wildman–Crippen MR) is 88.0 cm³/mol. The smallest absolute Gasteiger partial charge is 0.00675 e. The Bertz CT molecular complexity index is 289. The Labute approximate surface area is 126 Å². The molecule has 0 aromatic heterocycles. The van der Waals surface area contributed by atoms with Crippen LogP contribution in [0, 0.1) is 16.7 Å². The second-order valence-corrected chi connectivity index (χ2v) is 8.91. The van der Waals surface area contributed by atoms with Crippen molar-refractivity contribution in [3.63, 3.8) is 0 Å². The Morgan fingerprint density at radius 1 is 1.05 bits per heavy atom. The summed E-state index contributed by atoms with van der Waals surface area (Å²) in [7, 11) is 2.25. The highest BCUT2D eigenvalue weighted by Crippen LogP contribution is 2.38. The SMILES string of the molecule is CN1CCC(C)(CNC2CCC(C(C)(C)C)CC2)CC1. The number of piperidine rings is 1. The van der Waals surface area contributed by atoms with Gasteiger partial charge in [0.25, 0.3) is 0 Å². The van der Waals surface area contributed by atoms with E-state index < -0.39 is 0 Å². The lowest BCUT2D eigenvalue weighted by atomic mass is 9.71. The number of hydrogen-bond donors (Lipinski definition) is 1. The van der Waals surface area contributed by atoms with Crippen molar-refractivity contribution in [3.8, 4) is 0 Å². The minimum absolute atomic E-state index is 0.505. The molecule has 0 radical (unpaired) electrons. The van der Waals surface area contributed by atoms with Gasteiger partial charge in [-0.25, -0.2) is 0 Å². The molecule has 1 saturated heterocycles. The average molecular weight is 280 g/mol. The molecule has 1 aliphatic carbocycles. The molecule has 0 aromatic rings. The third-order valence-electron chi connectivity index (χ3n) is 5.96. The molecule has 2 aliphatic rings. The molecule has 0 spiro atoms. The van der Waals surface area contributed by atoms with Crippen LogP contribution in [0.25, 0.3) is 0 Å². The summed E-state index contributed by atoms with van der Waals surface area (Å²) in [6.07, 6.45) is 8.32. The lowest BCUT2D eigenvalue weighted by Gasteiger charge is -2.41. The first-order valence-electron chi connectivity index (χ1n) is 8.70. The van der Waals surface area contributed by atoms with Crippen LogP contribution in [-0.4, -0.2) is 37.6 Å². The van der Waals surface area contributed by atoms with Crippen LogP contribution in [0.3, 0.4) is 0 Å². The van der Waals surface area contributed by atoms with Gasteiger partial charge in [0, 0.05) is 12.6 Å². The van der Waals surface area contributed by atoms with Gasteiger partial charge in [-0.1, -0.05) is 27.7 Å². The lowest BCUT2D eigenvalue weighted by molar-refractivity contribution is 0.119. The van der Waals surface area contributed by atoms with Gasteiger partial charge < -0.3 is 10.2 Å². The van der Waals surface area contributed by atoms with Crippen molar-refractivity contribution in [1.82, 2.24) is 10.2 Å². The van der Waals surface area contributed by atoms with E-state index in [4.69, 9.17) is 0 Å². The van der Waals surface area contributed by atoms with Crippen LogP contribution < -0.4 is 5.32 Å². The van der Waals surface area contributed by atoms with Crippen molar-refractivity contribution in [2.24, 2.45) is 16.7 Å². The van der Waals surface area contributed by atoms with Gasteiger partial charge in [0.05, 0.1) is 0 Å². The molecule has 1 saturated carbocycles. The van der Waals surface area contributed by atoms with E-state index in [0.717, 1.165) is 12.0 Å². The summed E-state index contributed by atoms with van der Waals surface area (Å²) in [6, 6.07) is 0.782. The molecule has 0 bridgehead atoms. The van der Waals surface area contributed by atoms with Crippen molar-refractivity contribution in [2.45, 2.75) is 72.3 Å². The standard InChI is InChI=1S/C18H36N2/c1-17(2,3)15-6-8-16(9-7-15)19-14-18(4)10-12-20(5)13-11-18/h15-16,19H,6-14H2,1-5H3. The molecule has 1 heterocycles. The minimum atomic E-state index is 0.505. The zero-order chi connectivity index (χ0) is 14.8. The molecule has 2 nitrogen and oxygen atoms in total. The van der Waals surface area contributed by atoms with Crippen LogP contribution in [0.15, 0.2) is 0 Å². The summed E-state index contributed by atoms with van der Waals surface area (Å²) in [4.78, 5) is 2.47. The Morgan fingerprint density at radius 2 is 1.60 bits per heavy atom. The molecule has 0 amide bonds. The molecule has 1 aliphatic heterocycles. The highest BCUT2D eigenvalue weighted by molar-refractivity contribution is 4.87. The third-order valence-corrected chi connectivity index (χ3v) is 5.96. The fourth-order valence-electron chi connectivity index (χ4n) is 3.89. The normalized spacial score (nSPS) is 32.2. The zero-order valence-electron chi connectivity index (χ0n) is 14.5. The number of nitrogens with one attached hydrogen (secondary N) is 1. The van der Waals surface area contributed by atoms with E-state index in [9.17, 15) is 0 Å². The van der Waals surface area contributed by atoms with Crippen molar-refractivity contribution in [1.29, 1.82) is 0 Å². The molecule has 2 rings (SSSR count). The molecule has 1 N–H and O–H groups in total. The van der Waals surface area contributed by atoms with Gasteiger partial charge in [0.1, 0.15) is 0 Å². The lowest BCUT2D eigenvalue weighted by Crippen LogP contribution is -2.45. The second kappa shape index (κ2) is 6.36. The average Bonchev–Trinajstić information content (AvgIpc) is 2.40. The summed E-state index contributed by atoms with van der Waals surface area (Å²) < 4.78 is 0. The zero-order valence-corrected chi connectivity index (χ0v) is 14.5. The maximum absolute atomic E-state index is 3.90. The first-order chi connectivity index (χ1) is 9.28. The van der Waals surface area contributed by atoms with E-state index in [1.807, 2.05) is 0 Å². The minimum Gasteiger partial charge on any atom is -0.313 e. The van der Waals surface area contributed by atoms with Crippen LogP contribution in [0.5, 0.6) is 0 Å². The highest BCUT2D eigenvalue weighted by Gasteiger charge is 2.32. The van der Waals surface area contributed by atoms with Crippen molar-refractivity contribution < 1.29 is 0 Å². The van der Waals surface area contributed by atoms with Crippen LogP contribution in [0.2, 0.25) is 0 Å². The Morgan fingerprint density at radius 3 is 2.10 bits per heavy atom. The van der Waals surface area contributed by atoms with E-state index in [0.29, 0.717) is 10.8 Å². The highest BCUT2D eigenvalue weighted by atomic mass is 15.1. The van der Waals surface area contributed by atoms with Crippen LogP contribution in [0.1, 0.15) is 66.2 Å². The third kappa shape index (κ3) is 4.46. The van der Waals surface area contributed by atoms with Gasteiger partial charge in [0.2, 0.25) is 0 Å². The molecule has 0 aromatic carbocycles. The van der Waals surface area contributed by atoms with E-state index in [1.165, 1.54) is 58.2 Å². The Kier molecular flexibility index (Phi) is 5.18. The fraction of sp³-hybridized carbons (Fsp3) is 1.00. The predicted octanol–water partition coefficient (Wildman–Crippen LogP) is 3.91. The van der Waals surface area contributed by atoms with Crippen LogP contribution >= 0.6 is 0 Å². The summed E-state index contributed by atoms with van der Waals surface area (Å²) >= 11 is 0. The quantitative estimate of drug-likeness (QED) is 0.843. The number of nitrogens with zero attached hydrogens (tertiary/aromatic N) is 1. The maximum atomic E-state index is 3.90. The largest absolute Gasteiger partial charge is 0.313 e. The van der Waals surface area contributed by atoms with Gasteiger partial charge in [-0.2, -0.15) is 0 Å². The van der Waals surface area contributed by atoms with E-state index in [-0.39, 0.29) is 0 Å². The molecule has 2 fully saturated rings. The first kappa shape index (κ1) is 16.3. The Hall–Kier alpha value is -0.0800. The van der Waals surface area contributed by atoms with Crippen molar-refractivity contribution in [3.05, 3.63) is 0 Å². The maximum Gasteiger partial charge on any atom is 0.00675 e. The Balaban J connectivity index is 1.71. The fourth-order valence-corrected chi connectivity index (χ4v) is 3.89. The molecule has 118 valence electrons. The summed E-state index contributed by atoms with van der Waals surface area (Å²) in [5, 5.41) is 3.90. The molecular formula is C18H36N2. The van der Waals surface area contributed by atoms with Crippen LogP contribution in [-0.2, 0) is 0 Å². The summed E-state index contributed by atoms with van der Waals surface area (Å²) in [6.45, 7) is 13.5. The monoisotopic (exact) mass is 280 g/mol. The van der Waals surface area contributed by atoms with Gasteiger partial charge in [-0.15, -0.1) is 0 Å². The molecule has 2 heteroatoms. The molecule has 0 atom stereocenters. The first-order valence-corrected chi connectivity index (χ1v) is 8.70. The van der Waals surface area contributed by atoms with E-state index in [2.05, 4.69) is 45.0 Å². The van der Waals surface area contributed by atoms with Gasteiger partial charge in [0.15, 0.2) is 0 Å². The number of hydrogen-bond acceptors (Lipinski definition) is 2. The van der Waals surface area contributed by atoms with Crippen molar-refractivity contribution in [2.75, 3.05) is 26.7 Å². The second-order valence-electron chi connectivity index (χ2n) is 8.91. The van der Waals surface area contributed by atoms with Gasteiger partial charge in [-0.3, -0.25) is 0 Å². The molecule has 20 heavy (non-hydrogen) atoms. The molecular weight excluding hydrogens is 244 g/mol.